The molecule has 0 heterocycles. The fourth-order valence-corrected chi connectivity index (χ4v) is 2.50. The Morgan fingerprint density at radius 2 is 1.91 bits per heavy atom. The van der Waals surface area contributed by atoms with E-state index < -0.39 is 10.8 Å². The largest absolute Gasteiger partial charge is 0.506 e. The summed E-state index contributed by atoms with van der Waals surface area (Å²) in [4.78, 5) is 23.1. The van der Waals surface area contributed by atoms with Crippen molar-refractivity contribution in [3.8, 4) is 5.75 Å². The number of methoxy groups -OCH3 is 1. The minimum atomic E-state index is -0.555. The summed E-state index contributed by atoms with van der Waals surface area (Å²) in [6.07, 6.45) is 0.522. The van der Waals surface area contributed by atoms with Gasteiger partial charge in [0.15, 0.2) is 0 Å². The lowest BCUT2D eigenvalue weighted by molar-refractivity contribution is -0.115. The zero-order chi connectivity index (χ0) is 16.8. The van der Waals surface area contributed by atoms with Crippen LogP contribution in [0.25, 0.3) is 0 Å². The van der Waals surface area contributed by atoms with Gasteiger partial charge in [0.05, 0.1) is 23.2 Å². The number of amides is 1. The molecule has 0 aliphatic heterocycles. The standard InChI is InChI=1S/C17H16BrNO4/c1-23-17(22)12-7-8-14(15(20)10-12)19-16(21)13(18)9-11-5-3-2-4-6-11/h2-8,10,13,20H,9H2,1H3,(H,19,21)/t13-/m1/s1. The van der Waals surface area contributed by atoms with E-state index in [1.165, 1.54) is 25.3 Å². The lowest BCUT2D eigenvalue weighted by Gasteiger charge is -2.12. The van der Waals surface area contributed by atoms with Gasteiger partial charge in [-0.25, -0.2) is 4.79 Å². The van der Waals surface area contributed by atoms with E-state index in [9.17, 15) is 14.7 Å². The summed E-state index contributed by atoms with van der Waals surface area (Å²) in [7, 11) is 1.26. The van der Waals surface area contributed by atoms with Crippen molar-refractivity contribution in [2.75, 3.05) is 12.4 Å². The number of carbonyl (C=O) groups excluding carboxylic acids is 2. The van der Waals surface area contributed by atoms with Crippen molar-refractivity contribution in [3.05, 3.63) is 59.7 Å². The van der Waals surface area contributed by atoms with Crippen molar-refractivity contribution in [1.82, 2.24) is 0 Å². The Kier molecular flexibility index (Phi) is 5.76. The van der Waals surface area contributed by atoms with Gasteiger partial charge in [-0.3, -0.25) is 4.79 Å². The number of phenols is 1. The number of benzene rings is 2. The molecule has 2 N–H and O–H groups in total. The van der Waals surface area contributed by atoms with Crippen LogP contribution in [0.3, 0.4) is 0 Å². The summed E-state index contributed by atoms with van der Waals surface area (Å²) in [5.74, 6) is -1.03. The van der Waals surface area contributed by atoms with Gasteiger partial charge in [0.25, 0.3) is 0 Å². The molecule has 1 amide bonds. The quantitative estimate of drug-likeness (QED) is 0.476. The van der Waals surface area contributed by atoms with Crippen LogP contribution in [0.2, 0.25) is 0 Å². The third kappa shape index (κ3) is 4.56. The molecular formula is C17H16BrNO4. The predicted octanol–water partition coefficient (Wildman–Crippen LogP) is 3.12. The molecule has 0 aliphatic rings. The van der Waals surface area contributed by atoms with Crippen LogP contribution in [0.5, 0.6) is 5.75 Å². The maximum atomic E-state index is 12.2. The number of halogens is 1. The van der Waals surface area contributed by atoms with Gasteiger partial charge in [-0.1, -0.05) is 46.3 Å². The summed E-state index contributed by atoms with van der Waals surface area (Å²) in [6.45, 7) is 0. The van der Waals surface area contributed by atoms with Gasteiger partial charge in [0, 0.05) is 0 Å². The minimum absolute atomic E-state index is 0.194. The summed E-state index contributed by atoms with van der Waals surface area (Å²) in [5.41, 5.74) is 1.47. The van der Waals surface area contributed by atoms with E-state index in [0.717, 1.165) is 5.56 Å². The Morgan fingerprint density at radius 1 is 1.22 bits per heavy atom. The fraction of sp³-hybridized carbons (Fsp3) is 0.176. The highest BCUT2D eigenvalue weighted by atomic mass is 79.9. The second kappa shape index (κ2) is 7.78. The van der Waals surface area contributed by atoms with Gasteiger partial charge in [-0.05, 0) is 30.2 Å². The molecule has 5 nitrogen and oxygen atoms in total. The molecule has 0 aromatic heterocycles. The van der Waals surface area contributed by atoms with Crippen LogP contribution in [-0.2, 0) is 16.0 Å². The van der Waals surface area contributed by atoms with Crippen LogP contribution in [0, 0.1) is 0 Å². The number of esters is 1. The van der Waals surface area contributed by atoms with Crippen LogP contribution < -0.4 is 5.32 Å². The molecule has 0 unspecified atom stereocenters. The molecule has 120 valence electrons. The Hall–Kier alpha value is -2.34. The third-order valence-electron chi connectivity index (χ3n) is 3.22. The van der Waals surface area contributed by atoms with Crippen LogP contribution in [0.1, 0.15) is 15.9 Å². The third-order valence-corrected chi connectivity index (χ3v) is 3.96. The Labute approximate surface area is 142 Å². The van der Waals surface area contributed by atoms with Gasteiger partial charge in [-0.2, -0.15) is 0 Å². The van der Waals surface area contributed by atoms with Crippen molar-refractivity contribution in [1.29, 1.82) is 0 Å². The van der Waals surface area contributed by atoms with E-state index in [1.807, 2.05) is 30.3 Å². The number of hydrogen-bond donors (Lipinski definition) is 2. The molecule has 0 saturated carbocycles. The van der Waals surface area contributed by atoms with Gasteiger partial charge < -0.3 is 15.2 Å². The van der Waals surface area contributed by atoms with Gasteiger partial charge in [0.1, 0.15) is 5.75 Å². The molecule has 1 atom stereocenters. The summed E-state index contributed by atoms with van der Waals surface area (Å²) in [5, 5.41) is 12.5. The topological polar surface area (TPSA) is 75.6 Å². The van der Waals surface area contributed by atoms with Crippen LogP contribution >= 0.6 is 15.9 Å². The van der Waals surface area contributed by atoms with Crippen molar-refractivity contribution < 1.29 is 19.4 Å². The summed E-state index contributed by atoms with van der Waals surface area (Å²) in [6, 6.07) is 13.8. The molecule has 2 rings (SSSR count). The number of ether oxygens (including phenoxy) is 1. The fourth-order valence-electron chi connectivity index (χ4n) is 2.01. The SMILES string of the molecule is COC(=O)c1ccc(NC(=O)[C@H](Br)Cc2ccccc2)c(O)c1. The lowest BCUT2D eigenvalue weighted by Crippen LogP contribution is -2.24. The normalized spacial score (nSPS) is 11.6. The van der Waals surface area contributed by atoms with Crippen molar-refractivity contribution >= 4 is 33.5 Å². The molecule has 2 aromatic carbocycles. The van der Waals surface area contributed by atoms with E-state index in [0.29, 0.717) is 6.42 Å². The van der Waals surface area contributed by atoms with Crippen molar-refractivity contribution in [2.24, 2.45) is 0 Å². The molecule has 0 bridgehead atoms. The summed E-state index contributed by atoms with van der Waals surface area (Å²) < 4.78 is 4.57. The number of nitrogens with one attached hydrogen (secondary N) is 1. The first kappa shape index (κ1) is 17.0. The molecule has 0 fully saturated rings. The average Bonchev–Trinajstić information content (AvgIpc) is 2.56. The number of carbonyl (C=O) groups is 2. The number of aromatic hydroxyl groups is 1. The number of phenolic OH excluding ortho intramolecular Hbond substituents is 1. The monoisotopic (exact) mass is 377 g/mol. The number of hydrogen-bond acceptors (Lipinski definition) is 4. The smallest absolute Gasteiger partial charge is 0.337 e. The van der Waals surface area contributed by atoms with Crippen molar-refractivity contribution in [2.45, 2.75) is 11.2 Å². The lowest BCUT2D eigenvalue weighted by atomic mass is 10.1. The molecule has 0 saturated heterocycles. The van der Waals surface area contributed by atoms with E-state index in [-0.39, 0.29) is 22.9 Å². The number of rotatable bonds is 5. The Bertz CT molecular complexity index is 703. The molecule has 23 heavy (non-hydrogen) atoms. The predicted molar refractivity (Wildman–Crippen MR) is 90.9 cm³/mol. The van der Waals surface area contributed by atoms with E-state index in [1.54, 1.807) is 0 Å². The molecular weight excluding hydrogens is 362 g/mol. The highest BCUT2D eigenvalue weighted by Crippen LogP contribution is 2.25. The molecule has 2 aromatic rings. The Morgan fingerprint density at radius 3 is 2.52 bits per heavy atom. The second-order valence-electron chi connectivity index (χ2n) is 4.87. The maximum absolute atomic E-state index is 12.2. The molecule has 0 spiro atoms. The average molecular weight is 378 g/mol. The zero-order valence-corrected chi connectivity index (χ0v) is 14.0. The molecule has 0 aliphatic carbocycles. The highest BCUT2D eigenvalue weighted by Gasteiger charge is 2.17. The second-order valence-corrected chi connectivity index (χ2v) is 5.98. The summed E-state index contributed by atoms with van der Waals surface area (Å²) >= 11 is 3.34. The highest BCUT2D eigenvalue weighted by molar-refractivity contribution is 9.10. The van der Waals surface area contributed by atoms with Gasteiger partial charge in [-0.15, -0.1) is 0 Å². The van der Waals surface area contributed by atoms with E-state index in [2.05, 4.69) is 26.0 Å². The van der Waals surface area contributed by atoms with Gasteiger partial charge >= 0.3 is 5.97 Å². The maximum Gasteiger partial charge on any atom is 0.337 e. The van der Waals surface area contributed by atoms with E-state index in [4.69, 9.17) is 0 Å². The first-order valence-corrected chi connectivity index (χ1v) is 7.83. The van der Waals surface area contributed by atoms with Crippen LogP contribution in [-0.4, -0.2) is 28.9 Å². The number of anilines is 1. The first-order chi connectivity index (χ1) is 11.0. The van der Waals surface area contributed by atoms with Gasteiger partial charge in [0.2, 0.25) is 5.91 Å². The molecule has 6 heteroatoms. The molecule has 0 radical (unpaired) electrons. The van der Waals surface area contributed by atoms with E-state index >= 15 is 0 Å². The van der Waals surface area contributed by atoms with Crippen molar-refractivity contribution in [3.63, 3.8) is 0 Å². The Balaban J connectivity index is 2.03. The number of alkyl halides is 1. The zero-order valence-electron chi connectivity index (χ0n) is 12.5. The van der Waals surface area contributed by atoms with Crippen LogP contribution in [0.4, 0.5) is 5.69 Å². The minimum Gasteiger partial charge on any atom is -0.506 e. The first-order valence-electron chi connectivity index (χ1n) is 6.91. The van der Waals surface area contributed by atoms with Crippen LogP contribution in [0.15, 0.2) is 48.5 Å².